The van der Waals surface area contributed by atoms with Gasteiger partial charge in [-0.25, -0.2) is 19.9 Å². The highest BCUT2D eigenvalue weighted by molar-refractivity contribution is 5.92. The summed E-state index contributed by atoms with van der Waals surface area (Å²) < 4.78 is 0. The number of piperazine rings is 1. The Labute approximate surface area is 168 Å². The molecule has 0 saturated carbocycles. The lowest BCUT2D eigenvalue weighted by atomic mass is 10.2. The molecule has 8 nitrogen and oxygen atoms in total. The molecule has 8 heteroatoms. The summed E-state index contributed by atoms with van der Waals surface area (Å²) in [5, 5.41) is 0. The maximum atomic E-state index is 12.8. The second-order valence-corrected chi connectivity index (χ2v) is 7.12. The molecule has 1 fully saturated rings. The zero-order valence-electron chi connectivity index (χ0n) is 16.0. The molecule has 1 saturated heterocycles. The highest BCUT2D eigenvalue weighted by Crippen LogP contribution is 2.32. The molecule has 1 amide bonds. The molecule has 0 bridgehead atoms. The second-order valence-electron chi connectivity index (χ2n) is 7.12. The highest BCUT2D eigenvalue weighted by atomic mass is 16.2. The molecule has 4 heterocycles. The van der Waals surface area contributed by atoms with Crippen molar-refractivity contribution in [2.45, 2.75) is 6.42 Å². The first-order valence-electron chi connectivity index (χ1n) is 9.78. The van der Waals surface area contributed by atoms with Gasteiger partial charge < -0.3 is 14.7 Å². The van der Waals surface area contributed by atoms with Gasteiger partial charge in [-0.1, -0.05) is 18.2 Å². The lowest BCUT2D eigenvalue weighted by molar-refractivity contribution is 0.0740. The average Bonchev–Trinajstić information content (AvgIpc) is 3.24. The monoisotopic (exact) mass is 387 g/mol. The minimum absolute atomic E-state index is 0.0838. The lowest BCUT2D eigenvalue weighted by Gasteiger charge is -2.34. The smallest absolute Gasteiger partial charge is 0.274 e. The van der Waals surface area contributed by atoms with Crippen LogP contribution in [0.2, 0.25) is 0 Å². The van der Waals surface area contributed by atoms with Crippen LogP contribution < -0.4 is 9.80 Å². The van der Waals surface area contributed by atoms with E-state index in [2.05, 4.69) is 47.9 Å². The summed E-state index contributed by atoms with van der Waals surface area (Å²) in [6.07, 6.45) is 7.74. The third-order valence-corrected chi connectivity index (χ3v) is 5.42. The van der Waals surface area contributed by atoms with Gasteiger partial charge in [-0.15, -0.1) is 0 Å². The van der Waals surface area contributed by atoms with Crippen molar-refractivity contribution in [2.24, 2.45) is 0 Å². The molecule has 0 N–H and O–H groups in total. The molecule has 5 rings (SSSR count). The van der Waals surface area contributed by atoms with E-state index in [1.807, 2.05) is 11.0 Å². The Morgan fingerprint density at radius 1 is 0.828 bits per heavy atom. The molecule has 2 aliphatic rings. The molecule has 2 aromatic heterocycles. The first-order chi connectivity index (χ1) is 14.3. The van der Waals surface area contributed by atoms with E-state index >= 15 is 0 Å². The normalized spacial score (nSPS) is 16.1. The van der Waals surface area contributed by atoms with E-state index in [0.717, 1.165) is 18.8 Å². The number of rotatable bonds is 3. The number of para-hydroxylation sites is 1. The van der Waals surface area contributed by atoms with E-state index < -0.39 is 0 Å². The number of nitrogens with zero attached hydrogens (tertiary/aromatic N) is 7. The SMILES string of the molecule is O=C(c1cnc(N2CCc3ccccc32)cn1)N1CCN(c2ncccn2)CC1. The van der Waals surface area contributed by atoms with Gasteiger partial charge in [-0.3, -0.25) is 4.79 Å². The van der Waals surface area contributed by atoms with Gasteiger partial charge in [-0.2, -0.15) is 0 Å². The number of aromatic nitrogens is 4. The molecule has 0 radical (unpaired) electrons. The first-order valence-corrected chi connectivity index (χ1v) is 9.78. The molecule has 146 valence electrons. The van der Waals surface area contributed by atoms with E-state index in [4.69, 9.17) is 0 Å². The third-order valence-electron chi connectivity index (χ3n) is 5.42. The molecular weight excluding hydrogens is 366 g/mol. The standard InChI is InChI=1S/C21H21N7O/c29-20(26-10-12-27(13-11-26)21-22-7-3-8-23-21)17-14-25-19(15-24-17)28-9-6-16-4-1-2-5-18(16)28/h1-5,7-8,14-15H,6,9-13H2. The Morgan fingerprint density at radius 3 is 2.38 bits per heavy atom. The number of hydrogen-bond donors (Lipinski definition) is 0. The van der Waals surface area contributed by atoms with Gasteiger partial charge in [0.15, 0.2) is 5.82 Å². The summed E-state index contributed by atoms with van der Waals surface area (Å²) >= 11 is 0. The van der Waals surface area contributed by atoms with Crippen LogP contribution in [0.5, 0.6) is 0 Å². The molecule has 3 aromatic rings. The Hall–Kier alpha value is -3.55. The summed E-state index contributed by atoms with van der Waals surface area (Å²) in [6.45, 7) is 3.50. The van der Waals surface area contributed by atoms with E-state index in [9.17, 15) is 4.79 Å². The van der Waals surface area contributed by atoms with Crippen molar-refractivity contribution in [3.8, 4) is 0 Å². The third kappa shape index (κ3) is 3.37. The molecule has 0 spiro atoms. The molecular formula is C21H21N7O. The number of carbonyl (C=O) groups is 1. The van der Waals surface area contributed by atoms with Gasteiger partial charge in [0, 0.05) is 50.8 Å². The summed E-state index contributed by atoms with van der Waals surface area (Å²) in [5.74, 6) is 1.40. The average molecular weight is 387 g/mol. The second kappa shape index (κ2) is 7.46. The minimum atomic E-state index is -0.0838. The van der Waals surface area contributed by atoms with Crippen LogP contribution in [0.25, 0.3) is 0 Å². The fraction of sp³-hybridized carbons (Fsp3) is 0.286. The maximum absolute atomic E-state index is 12.8. The van der Waals surface area contributed by atoms with Gasteiger partial charge in [-0.05, 0) is 24.1 Å². The van der Waals surface area contributed by atoms with Gasteiger partial charge in [0.1, 0.15) is 5.69 Å². The minimum Gasteiger partial charge on any atom is -0.337 e. The number of amides is 1. The molecule has 29 heavy (non-hydrogen) atoms. The predicted molar refractivity (Wildman–Crippen MR) is 109 cm³/mol. The van der Waals surface area contributed by atoms with Crippen LogP contribution in [-0.4, -0.2) is 63.5 Å². The predicted octanol–water partition coefficient (Wildman–Crippen LogP) is 1.92. The van der Waals surface area contributed by atoms with Gasteiger partial charge >= 0.3 is 0 Å². The van der Waals surface area contributed by atoms with Crippen molar-refractivity contribution >= 4 is 23.4 Å². The number of benzene rings is 1. The zero-order chi connectivity index (χ0) is 19.6. The fourth-order valence-electron chi connectivity index (χ4n) is 3.87. The largest absolute Gasteiger partial charge is 0.337 e. The molecule has 0 aliphatic carbocycles. The highest BCUT2D eigenvalue weighted by Gasteiger charge is 2.25. The number of anilines is 3. The Balaban J connectivity index is 1.25. The van der Waals surface area contributed by atoms with E-state index in [1.165, 1.54) is 11.3 Å². The van der Waals surface area contributed by atoms with Crippen molar-refractivity contribution in [1.29, 1.82) is 0 Å². The molecule has 0 atom stereocenters. The molecule has 2 aliphatic heterocycles. The van der Waals surface area contributed by atoms with Crippen LogP contribution in [-0.2, 0) is 6.42 Å². The van der Waals surface area contributed by atoms with Crippen LogP contribution in [0.1, 0.15) is 16.1 Å². The summed E-state index contributed by atoms with van der Waals surface area (Å²) in [4.78, 5) is 36.4. The Bertz CT molecular complexity index is 1000. The van der Waals surface area contributed by atoms with Crippen molar-refractivity contribution in [3.05, 3.63) is 66.4 Å². The lowest BCUT2D eigenvalue weighted by Crippen LogP contribution is -2.49. The van der Waals surface area contributed by atoms with Gasteiger partial charge in [0.25, 0.3) is 5.91 Å². The Kier molecular flexibility index (Phi) is 4.51. The zero-order valence-corrected chi connectivity index (χ0v) is 16.0. The van der Waals surface area contributed by atoms with E-state index in [0.29, 0.717) is 37.8 Å². The van der Waals surface area contributed by atoms with Crippen molar-refractivity contribution in [1.82, 2.24) is 24.8 Å². The van der Waals surface area contributed by atoms with E-state index in [1.54, 1.807) is 30.9 Å². The maximum Gasteiger partial charge on any atom is 0.274 e. The summed E-state index contributed by atoms with van der Waals surface area (Å²) in [5.41, 5.74) is 2.86. The first kappa shape index (κ1) is 17.5. The van der Waals surface area contributed by atoms with Crippen molar-refractivity contribution in [2.75, 3.05) is 42.5 Å². The van der Waals surface area contributed by atoms with Gasteiger partial charge in [0.05, 0.1) is 12.4 Å². The van der Waals surface area contributed by atoms with Crippen LogP contribution in [0.3, 0.4) is 0 Å². The number of fused-ring (bicyclic) bond motifs is 1. The van der Waals surface area contributed by atoms with Crippen LogP contribution >= 0.6 is 0 Å². The van der Waals surface area contributed by atoms with E-state index in [-0.39, 0.29) is 5.91 Å². The molecule has 1 aromatic carbocycles. The van der Waals surface area contributed by atoms with Crippen LogP contribution in [0.4, 0.5) is 17.5 Å². The van der Waals surface area contributed by atoms with Crippen LogP contribution in [0, 0.1) is 0 Å². The number of carbonyl (C=O) groups excluding carboxylic acids is 1. The quantitative estimate of drug-likeness (QED) is 0.679. The Morgan fingerprint density at radius 2 is 1.62 bits per heavy atom. The van der Waals surface area contributed by atoms with Crippen LogP contribution in [0.15, 0.2) is 55.1 Å². The topological polar surface area (TPSA) is 78.4 Å². The fourth-order valence-corrected chi connectivity index (χ4v) is 3.87. The molecule has 0 unspecified atom stereocenters. The van der Waals surface area contributed by atoms with Gasteiger partial charge in [0.2, 0.25) is 5.95 Å². The van der Waals surface area contributed by atoms with Crippen molar-refractivity contribution in [3.63, 3.8) is 0 Å². The summed E-state index contributed by atoms with van der Waals surface area (Å²) in [6, 6.07) is 10.1. The summed E-state index contributed by atoms with van der Waals surface area (Å²) in [7, 11) is 0. The van der Waals surface area contributed by atoms with Crippen molar-refractivity contribution < 1.29 is 4.79 Å². The number of hydrogen-bond acceptors (Lipinski definition) is 7.